The van der Waals surface area contributed by atoms with Gasteiger partial charge in [0, 0.05) is 17.5 Å². The lowest BCUT2D eigenvalue weighted by Gasteiger charge is -2.05. The molecule has 29 heavy (non-hydrogen) atoms. The third kappa shape index (κ3) is 3.29. The van der Waals surface area contributed by atoms with E-state index in [1.165, 1.54) is 23.5 Å². The number of hydrogen-bond donors (Lipinski definition) is 1. The molecular weight excluding hydrogens is 391 g/mol. The lowest BCUT2D eigenvalue weighted by molar-refractivity contribution is 0.102. The average molecular weight is 406 g/mol. The zero-order chi connectivity index (χ0) is 19.8. The number of nitrogens with zero attached hydrogens (tertiary/aromatic N) is 5. The normalized spacial score (nSPS) is 12.7. The van der Waals surface area contributed by atoms with Crippen LogP contribution in [0.25, 0.3) is 16.4 Å². The van der Waals surface area contributed by atoms with Crippen LogP contribution in [0.15, 0.2) is 48.7 Å². The van der Waals surface area contributed by atoms with Crippen molar-refractivity contribution in [1.82, 2.24) is 25.0 Å². The molecule has 0 spiro atoms. The average Bonchev–Trinajstić information content (AvgIpc) is 3.46. The molecular formula is C20H15FN6OS. The van der Waals surface area contributed by atoms with Crippen LogP contribution in [-0.4, -0.2) is 30.9 Å². The van der Waals surface area contributed by atoms with Crippen LogP contribution in [-0.2, 0) is 12.8 Å². The van der Waals surface area contributed by atoms with Gasteiger partial charge in [-0.15, -0.1) is 10.2 Å². The molecule has 144 valence electrons. The van der Waals surface area contributed by atoms with E-state index in [9.17, 15) is 9.18 Å². The Hall–Kier alpha value is -3.46. The van der Waals surface area contributed by atoms with Gasteiger partial charge in [0.1, 0.15) is 11.5 Å². The van der Waals surface area contributed by atoms with Crippen molar-refractivity contribution < 1.29 is 9.18 Å². The third-order valence-electron chi connectivity index (χ3n) is 4.75. The van der Waals surface area contributed by atoms with Crippen molar-refractivity contribution in [2.45, 2.75) is 19.3 Å². The highest BCUT2D eigenvalue weighted by molar-refractivity contribution is 7.18. The molecule has 0 bridgehead atoms. The number of amides is 1. The molecule has 1 aliphatic rings. The van der Waals surface area contributed by atoms with E-state index in [4.69, 9.17) is 0 Å². The van der Waals surface area contributed by atoms with Crippen LogP contribution in [0.2, 0.25) is 0 Å². The van der Waals surface area contributed by atoms with E-state index in [1.807, 2.05) is 18.2 Å². The quantitative estimate of drug-likeness (QED) is 0.559. The predicted octanol–water partition coefficient (Wildman–Crippen LogP) is 3.67. The second-order valence-electron chi connectivity index (χ2n) is 6.60. The lowest BCUT2D eigenvalue weighted by Crippen LogP contribution is -2.14. The Bertz CT molecular complexity index is 1190. The zero-order valence-electron chi connectivity index (χ0n) is 15.2. The first-order valence-electron chi connectivity index (χ1n) is 9.12. The number of hydrogen-bond acceptors (Lipinski definition) is 6. The minimum atomic E-state index is -0.326. The van der Waals surface area contributed by atoms with E-state index in [-0.39, 0.29) is 11.7 Å². The summed E-state index contributed by atoms with van der Waals surface area (Å²) in [6.07, 6.45) is 4.25. The smallest absolute Gasteiger partial charge is 0.278 e. The van der Waals surface area contributed by atoms with Crippen molar-refractivity contribution in [3.05, 3.63) is 71.4 Å². The molecule has 3 heterocycles. The first-order chi connectivity index (χ1) is 14.2. The maximum Gasteiger partial charge on any atom is 0.278 e. The number of rotatable bonds is 4. The highest BCUT2D eigenvalue weighted by Gasteiger charge is 2.27. The van der Waals surface area contributed by atoms with Gasteiger partial charge in [-0.2, -0.15) is 5.10 Å². The van der Waals surface area contributed by atoms with Gasteiger partial charge < -0.3 is 0 Å². The maximum atomic E-state index is 13.3. The summed E-state index contributed by atoms with van der Waals surface area (Å²) in [6.45, 7) is 0. The standard InChI is InChI=1S/C20H15FN6OS/c21-12-7-9-13(10-8-12)27-16-6-3-4-14(16)17(26-27)18(28)23-20-25-24-19(29-20)15-5-1-2-11-22-15/h1-2,5,7-11H,3-4,6H2,(H,23,25,28). The van der Waals surface area contributed by atoms with Crippen LogP contribution in [0.3, 0.4) is 0 Å². The van der Waals surface area contributed by atoms with Gasteiger partial charge in [0.05, 0.1) is 5.69 Å². The molecule has 0 aliphatic heterocycles. The van der Waals surface area contributed by atoms with Gasteiger partial charge in [-0.3, -0.25) is 15.1 Å². The second-order valence-corrected chi connectivity index (χ2v) is 7.57. The first kappa shape index (κ1) is 17.6. The predicted molar refractivity (Wildman–Crippen MR) is 107 cm³/mol. The molecule has 1 N–H and O–H groups in total. The molecule has 1 aliphatic carbocycles. The zero-order valence-corrected chi connectivity index (χ0v) is 16.0. The van der Waals surface area contributed by atoms with Gasteiger partial charge in [0.25, 0.3) is 5.91 Å². The second kappa shape index (κ2) is 7.17. The Balaban J connectivity index is 1.43. The van der Waals surface area contributed by atoms with Crippen molar-refractivity contribution >= 4 is 22.4 Å². The Labute approximate surface area is 169 Å². The molecule has 0 unspecified atom stereocenters. The molecule has 0 atom stereocenters. The van der Waals surface area contributed by atoms with Crippen LogP contribution in [0.5, 0.6) is 0 Å². The summed E-state index contributed by atoms with van der Waals surface area (Å²) in [7, 11) is 0. The fraction of sp³-hybridized carbons (Fsp3) is 0.150. The van der Waals surface area contributed by atoms with Gasteiger partial charge in [-0.05, 0) is 55.7 Å². The van der Waals surface area contributed by atoms with Crippen molar-refractivity contribution in [3.8, 4) is 16.4 Å². The SMILES string of the molecule is O=C(Nc1nnc(-c2ccccn2)s1)c1nn(-c2ccc(F)cc2)c2c1CCC2. The van der Waals surface area contributed by atoms with E-state index in [0.717, 1.165) is 36.2 Å². The lowest BCUT2D eigenvalue weighted by atomic mass is 10.2. The summed E-state index contributed by atoms with van der Waals surface area (Å²) in [5, 5.41) is 16.5. The molecule has 9 heteroatoms. The van der Waals surface area contributed by atoms with E-state index in [2.05, 4.69) is 25.6 Å². The number of carbonyl (C=O) groups excluding carboxylic acids is 1. The van der Waals surface area contributed by atoms with Crippen molar-refractivity contribution in [3.63, 3.8) is 0 Å². The molecule has 0 radical (unpaired) electrons. The number of anilines is 1. The van der Waals surface area contributed by atoms with Crippen molar-refractivity contribution in [2.24, 2.45) is 0 Å². The Morgan fingerprint density at radius 3 is 2.76 bits per heavy atom. The fourth-order valence-corrected chi connectivity index (χ4v) is 4.15. The van der Waals surface area contributed by atoms with Crippen LogP contribution in [0.1, 0.15) is 28.2 Å². The van der Waals surface area contributed by atoms with Gasteiger partial charge in [-0.1, -0.05) is 17.4 Å². The largest absolute Gasteiger partial charge is 0.295 e. The van der Waals surface area contributed by atoms with E-state index in [1.54, 1.807) is 23.0 Å². The number of halogens is 1. The minimum absolute atomic E-state index is 0.310. The molecule has 0 saturated carbocycles. The highest BCUT2D eigenvalue weighted by Crippen LogP contribution is 2.29. The summed E-state index contributed by atoms with van der Waals surface area (Å²) >= 11 is 1.25. The molecule has 0 saturated heterocycles. The van der Waals surface area contributed by atoms with E-state index < -0.39 is 0 Å². The van der Waals surface area contributed by atoms with Gasteiger partial charge in [-0.25, -0.2) is 9.07 Å². The number of aromatic nitrogens is 5. The number of nitrogens with one attached hydrogen (secondary N) is 1. The minimum Gasteiger partial charge on any atom is -0.295 e. The highest BCUT2D eigenvalue weighted by atomic mass is 32.1. The number of carbonyl (C=O) groups is 1. The molecule has 0 fully saturated rings. The summed E-state index contributed by atoms with van der Waals surface area (Å²) < 4.78 is 15.0. The Morgan fingerprint density at radius 1 is 1.10 bits per heavy atom. The maximum absolute atomic E-state index is 13.3. The van der Waals surface area contributed by atoms with Crippen LogP contribution in [0, 0.1) is 5.82 Å². The number of benzene rings is 1. The molecule has 4 aromatic rings. The fourth-order valence-electron chi connectivity index (χ4n) is 3.44. The van der Waals surface area contributed by atoms with Gasteiger partial charge in [0.2, 0.25) is 5.13 Å². The van der Waals surface area contributed by atoms with Crippen molar-refractivity contribution in [2.75, 3.05) is 5.32 Å². The summed E-state index contributed by atoms with van der Waals surface area (Å²) in [5.41, 5.74) is 3.73. The molecule has 3 aromatic heterocycles. The van der Waals surface area contributed by atoms with Crippen molar-refractivity contribution in [1.29, 1.82) is 0 Å². The van der Waals surface area contributed by atoms with Crippen LogP contribution in [0.4, 0.5) is 9.52 Å². The van der Waals surface area contributed by atoms with Gasteiger partial charge >= 0.3 is 0 Å². The van der Waals surface area contributed by atoms with Gasteiger partial charge in [0.15, 0.2) is 10.7 Å². The van der Waals surface area contributed by atoms with E-state index >= 15 is 0 Å². The number of pyridine rings is 1. The molecule has 7 nitrogen and oxygen atoms in total. The molecule has 5 rings (SSSR count). The van der Waals surface area contributed by atoms with E-state index in [0.29, 0.717) is 21.5 Å². The Kier molecular flexibility index (Phi) is 4.36. The molecule has 1 amide bonds. The number of fused-ring (bicyclic) bond motifs is 1. The third-order valence-corrected chi connectivity index (χ3v) is 5.61. The summed E-state index contributed by atoms with van der Waals surface area (Å²) in [4.78, 5) is 17.1. The molecule has 1 aromatic carbocycles. The summed E-state index contributed by atoms with van der Waals surface area (Å²) in [6, 6.07) is 11.6. The first-order valence-corrected chi connectivity index (χ1v) is 9.93. The summed E-state index contributed by atoms with van der Waals surface area (Å²) in [5.74, 6) is -0.636. The van der Waals surface area contributed by atoms with Crippen LogP contribution >= 0.6 is 11.3 Å². The monoisotopic (exact) mass is 406 g/mol. The Morgan fingerprint density at radius 2 is 1.97 bits per heavy atom. The van der Waals surface area contributed by atoms with Crippen LogP contribution < -0.4 is 5.32 Å². The topological polar surface area (TPSA) is 85.6 Å².